The summed E-state index contributed by atoms with van der Waals surface area (Å²) in [5.41, 5.74) is 0. The van der Waals surface area contributed by atoms with Crippen LogP contribution in [0.4, 0.5) is 0 Å². The fourth-order valence-corrected chi connectivity index (χ4v) is 1.90. The number of amides is 1. The molecule has 0 unspecified atom stereocenters. The van der Waals surface area contributed by atoms with E-state index in [9.17, 15) is 15.0 Å². The number of hydrogen-bond donors (Lipinski definition) is 4. The average Bonchev–Trinajstić information content (AvgIpc) is 2.33. The van der Waals surface area contributed by atoms with Gasteiger partial charge >= 0.3 is 0 Å². The molecule has 1 saturated heterocycles. The molecule has 0 aliphatic carbocycles. The lowest BCUT2D eigenvalue weighted by Gasteiger charge is -2.42. The smallest absolute Gasteiger partial charge is 0.217 e. The highest BCUT2D eigenvalue weighted by atomic mass is 16.7. The number of aliphatic hydroxyl groups is 3. The number of aliphatic hydroxyl groups excluding tert-OH is 3. The first kappa shape index (κ1) is 16.3. The monoisotopic (exact) mass is 277 g/mol. The largest absolute Gasteiger partial charge is 0.394 e. The molecule has 0 bridgehead atoms. The van der Waals surface area contributed by atoms with Gasteiger partial charge in [0.1, 0.15) is 24.4 Å². The van der Waals surface area contributed by atoms with Crippen LogP contribution in [0.15, 0.2) is 0 Å². The summed E-state index contributed by atoms with van der Waals surface area (Å²) < 4.78 is 10.9. The normalized spacial score (nSPS) is 35.4. The third kappa shape index (κ3) is 4.39. The van der Waals surface area contributed by atoms with Crippen molar-refractivity contribution in [3.63, 3.8) is 0 Å². The highest BCUT2D eigenvalue weighted by molar-refractivity contribution is 5.73. The molecule has 7 heteroatoms. The van der Waals surface area contributed by atoms with Gasteiger partial charge in [-0.25, -0.2) is 0 Å². The summed E-state index contributed by atoms with van der Waals surface area (Å²) >= 11 is 0. The summed E-state index contributed by atoms with van der Waals surface area (Å²) in [5.74, 6) is -0.112. The third-order valence-corrected chi connectivity index (χ3v) is 2.84. The third-order valence-electron chi connectivity index (χ3n) is 2.84. The summed E-state index contributed by atoms with van der Waals surface area (Å²) in [6.45, 7) is 5.14. The van der Waals surface area contributed by atoms with E-state index >= 15 is 0 Å². The Balaban J connectivity index is 2.77. The molecule has 112 valence electrons. The molecule has 1 rings (SSSR count). The van der Waals surface area contributed by atoms with E-state index in [2.05, 4.69) is 5.32 Å². The predicted octanol–water partition coefficient (Wildman–Crippen LogP) is -1.40. The second kappa shape index (κ2) is 7.16. The Bertz CT molecular complexity index is 298. The van der Waals surface area contributed by atoms with Crippen molar-refractivity contribution in [3.05, 3.63) is 0 Å². The van der Waals surface area contributed by atoms with Gasteiger partial charge in [0.2, 0.25) is 5.91 Å². The first-order chi connectivity index (χ1) is 8.86. The van der Waals surface area contributed by atoms with E-state index in [0.29, 0.717) is 6.61 Å². The number of carbonyl (C=O) groups excluding carboxylic acids is 1. The van der Waals surface area contributed by atoms with Gasteiger partial charge in [0.05, 0.1) is 13.2 Å². The van der Waals surface area contributed by atoms with Crippen molar-refractivity contribution in [3.8, 4) is 0 Å². The molecule has 0 radical (unpaired) electrons. The second-order valence-corrected chi connectivity index (χ2v) is 5.16. The first-order valence-corrected chi connectivity index (χ1v) is 6.38. The molecule has 1 amide bonds. The predicted molar refractivity (Wildman–Crippen MR) is 66.2 cm³/mol. The van der Waals surface area contributed by atoms with Gasteiger partial charge in [-0.05, 0) is 5.92 Å². The van der Waals surface area contributed by atoms with Gasteiger partial charge in [0, 0.05) is 6.92 Å². The Hall–Kier alpha value is -0.730. The molecule has 1 aliphatic rings. The zero-order chi connectivity index (χ0) is 14.6. The molecule has 4 N–H and O–H groups in total. The van der Waals surface area contributed by atoms with Crippen LogP contribution in [0, 0.1) is 5.92 Å². The molecule has 1 fully saturated rings. The highest BCUT2D eigenvalue weighted by Gasteiger charge is 2.45. The Morgan fingerprint density at radius 2 is 2.00 bits per heavy atom. The summed E-state index contributed by atoms with van der Waals surface area (Å²) in [6.07, 6.45) is -4.37. The van der Waals surface area contributed by atoms with Crippen LogP contribution in [0.1, 0.15) is 20.8 Å². The molecule has 1 aliphatic heterocycles. The molecule has 7 nitrogen and oxygen atoms in total. The zero-order valence-electron chi connectivity index (χ0n) is 11.4. The van der Waals surface area contributed by atoms with Crippen molar-refractivity contribution in [2.45, 2.75) is 51.4 Å². The fraction of sp³-hybridized carbons (Fsp3) is 0.917. The maximum absolute atomic E-state index is 11.1. The van der Waals surface area contributed by atoms with Gasteiger partial charge < -0.3 is 30.1 Å². The summed E-state index contributed by atoms with van der Waals surface area (Å²) in [5, 5.41) is 31.4. The second-order valence-electron chi connectivity index (χ2n) is 5.16. The highest BCUT2D eigenvalue weighted by Crippen LogP contribution is 2.22. The van der Waals surface area contributed by atoms with Gasteiger partial charge in [-0.15, -0.1) is 0 Å². The summed E-state index contributed by atoms with van der Waals surface area (Å²) in [4.78, 5) is 11.1. The van der Waals surface area contributed by atoms with Crippen LogP contribution >= 0.6 is 0 Å². The van der Waals surface area contributed by atoms with Crippen LogP contribution in [-0.4, -0.2) is 65.1 Å². The van der Waals surface area contributed by atoms with Gasteiger partial charge in [-0.3, -0.25) is 4.79 Å². The molecule has 0 saturated carbocycles. The molecule has 0 aromatic heterocycles. The summed E-state index contributed by atoms with van der Waals surface area (Å²) in [7, 11) is 0. The fourth-order valence-electron chi connectivity index (χ4n) is 1.90. The molecular formula is C12H23NO6. The van der Waals surface area contributed by atoms with Gasteiger partial charge in [-0.1, -0.05) is 13.8 Å². The van der Waals surface area contributed by atoms with Crippen LogP contribution in [0.2, 0.25) is 0 Å². The van der Waals surface area contributed by atoms with E-state index in [1.54, 1.807) is 0 Å². The molecule has 5 atom stereocenters. The maximum atomic E-state index is 11.1. The van der Waals surface area contributed by atoms with E-state index in [0.717, 1.165) is 0 Å². The summed E-state index contributed by atoms with van der Waals surface area (Å²) in [6, 6.07) is -0.867. The van der Waals surface area contributed by atoms with Crippen LogP contribution < -0.4 is 5.32 Å². The quantitative estimate of drug-likeness (QED) is 0.492. The molecular weight excluding hydrogens is 254 g/mol. The van der Waals surface area contributed by atoms with Crippen molar-refractivity contribution in [1.82, 2.24) is 5.32 Å². The lowest BCUT2D eigenvalue weighted by Crippen LogP contribution is -2.64. The number of nitrogens with one attached hydrogen (secondary N) is 1. The topological polar surface area (TPSA) is 108 Å². The molecule has 0 aromatic rings. The lowest BCUT2D eigenvalue weighted by atomic mass is 9.97. The standard InChI is InChI=1S/C12H23NO6/c1-6(2)5-18-12-9(13-7(3)15)11(17)10(16)8(4-14)19-12/h6,8-12,14,16-17H,4-5H2,1-3H3,(H,13,15)/t8-,9-,10+,11-,12-/m1/s1. The Labute approximate surface area is 112 Å². The van der Waals surface area contributed by atoms with Gasteiger partial charge in [0.25, 0.3) is 0 Å². The van der Waals surface area contributed by atoms with Crippen molar-refractivity contribution in [2.24, 2.45) is 5.92 Å². The SMILES string of the molecule is CC(=O)N[C@H]1[C@H](OCC(C)C)O[C@H](CO)[C@H](O)[C@@H]1O. The minimum absolute atomic E-state index is 0.248. The van der Waals surface area contributed by atoms with Crippen molar-refractivity contribution >= 4 is 5.91 Å². The lowest BCUT2D eigenvalue weighted by molar-refractivity contribution is -0.272. The molecule has 1 heterocycles. The zero-order valence-corrected chi connectivity index (χ0v) is 11.4. The van der Waals surface area contributed by atoms with Crippen molar-refractivity contribution in [2.75, 3.05) is 13.2 Å². The van der Waals surface area contributed by atoms with Crippen molar-refractivity contribution < 1.29 is 29.6 Å². The number of carbonyl (C=O) groups is 1. The van der Waals surface area contributed by atoms with Gasteiger partial charge in [-0.2, -0.15) is 0 Å². The number of ether oxygens (including phenoxy) is 2. The minimum Gasteiger partial charge on any atom is -0.394 e. The maximum Gasteiger partial charge on any atom is 0.217 e. The first-order valence-electron chi connectivity index (χ1n) is 6.38. The van der Waals surface area contributed by atoms with E-state index in [1.165, 1.54) is 6.92 Å². The van der Waals surface area contributed by atoms with E-state index in [4.69, 9.17) is 14.6 Å². The number of rotatable bonds is 5. The minimum atomic E-state index is -1.28. The van der Waals surface area contributed by atoms with Crippen LogP contribution in [0.5, 0.6) is 0 Å². The Morgan fingerprint density at radius 1 is 1.37 bits per heavy atom. The number of hydrogen-bond acceptors (Lipinski definition) is 6. The van der Waals surface area contributed by atoms with Crippen LogP contribution in [0.3, 0.4) is 0 Å². The van der Waals surface area contributed by atoms with E-state index < -0.39 is 37.3 Å². The molecule has 0 aromatic carbocycles. The van der Waals surface area contributed by atoms with E-state index in [1.807, 2.05) is 13.8 Å². The van der Waals surface area contributed by atoms with Crippen LogP contribution in [0.25, 0.3) is 0 Å². The Kier molecular flexibility index (Phi) is 6.15. The van der Waals surface area contributed by atoms with Gasteiger partial charge in [0.15, 0.2) is 6.29 Å². The van der Waals surface area contributed by atoms with Crippen molar-refractivity contribution in [1.29, 1.82) is 0 Å². The van der Waals surface area contributed by atoms with E-state index in [-0.39, 0.29) is 11.8 Å². The van der Waals surface area contributed by atoms with Crippen LogP contribution in [-0.2, 0) is 14.3 Å². The Morgan fingerprint density at radius 3 is 2.47 bits per heavy atom. The average molecular weight is 277 g/mol. The molecule has 0 spiro atoms. The molecule has 19 heavy (non-hydrogen) atoms.